The summed E-state index contributed by atoms with van der Waals surface area (Å²) in [4.78, 5) is 25.5. The van der Waals surface area contributed by atoms with Crippen molar-refractivity contribution in [3.63, 3.8) is 0 Å². The molecule has 3 aromatic rings. The number of H-pyrrole nitrogens is 2. The van der Waals surface area contributed by atoms with Crippen LogP contribution in [0.5, 0.6) is 0 Å². The van der Waals surface area contributed by atoms with E-state index >= 15 is 0 Å². The number of pyridine rings is 1. The highest BCUT2D eigenvalue weighted by Gasteiger charge is 2.16. The molecule has 0 atom stereocenters. The maximum absolute atomic E-state index is 12.4. The van der Waals surface area contributed by atoms with Crippen LogP contribution in [0.25, 0.3) is 16.6 Å². The molecule has 1 aliphatic heterocycles. The first-order valence-electron chi connectivity index (χ1n) is 8.01. The SMILES string of the molecule is CN1CC=C(c2c[nH]c3ccc(C(=O)Nc4ccc[nH]4)nc23)CC1. The molecule has 0 saturated carbocycles. The van der Waals surface area contributed by atoms with Gasteiger partial charge < -0.3 is 20.2 Å². The molecule has 0 unspecified atom stereocenters. The largest absolute Gasteiger partial charge is 0.359 e. The molecule has 0 fully saturated rings. The first-order valence-corrected chi connectivity index (χ1v) is 8.01. The first kappa shape index (κ1) is 14.7. The van der Waals surface area contributed by atoms with Gasteiger partial charge in [0, 0.05) is 31.0 Å². The van der Waals surface area contributed by atoms with Gasteiger partial charge in [0.05, 0.1) is 11.0 Å². The molecule has 0 saturated heterocycles. The predicted molar refractivity (Wildman–Crippen MR) is 94.9 cm³/mol. The van der Waals surface area contributed by atoms with Crippen LogP contribution >= 0.6 is 0 Å². The molecule has 0 radical (unpaired) electrons. The van der Waals surface area contributed by atoms with Crippen LogP contribution in [0.15, 0.2) is 42.7 Å². The fraction of sp³-hybridized carbons (Fsp3) is 0.222. The van der Waals surface area contributed by atoms with Gasteiger partial charge >= 0.3 is 0 Å². The zero-order valence-corrected chi connectivity index (χ0v) is 13.5. The van der Waals surface area contributed by atoms with Crippen LogP contribution in [-0.4, -0.2) is 45.9 Å². The number of aromatic nitrogens is 3. The molecule has 4 heterocycles. The number of nitrogens with one attached hydrogen (secondary N) is 3. The number of rotatable bonds is 3. The number of nitrogens with zero attached hydrogens (tertiary/aromatic N) is 2. The minimum absolute atomic E-state index is 0.219. The van der Waals surface area contributed by atoms with Crippen LogP contribution in [0.2, 0.25) is 0 Å². The van der Waals surface area contributed by atoms with Crippen LogP contribution in [0.3, 0.4) is 0 Å². The van der Waals surface area contributed by atoms with Crippen molar-refractivity contribution in [2.45, 2.75) is 6.42 Å². The Bertz CT molecular complexity index is 907. The topological polar surface area (TPSA) is 76.8 Å². The van der Waals surface area contributed by atoms with E-state index in [2.05, 4.69) is 38.3 Å². The van der Waals surface area contributed by atoms with Crippen molar-refractivity contribution in [1.29, 1.82) is 0 Å². The predicted octanol–water partition coefficient (Wildman–Crippen LogP) is 2.86. The lowest BCUT2D eigenvalue weighted by molar-refractivity contribution is 0.102. The van der Waals surface area contributed by atoms with E-state index in [0.717, 1.165) is 36.1 Å². The smallest absolute Gasteiger partial charge is 0.275 e. The summed E-state index contributed by atoms with van der Waals surface area (Å²) < 4.78 is 0. The summed E-state index contributed by atoms with van der Waals surface area (Å²) in [6.07, 6.45) is 6.98. The lowest BCUT2D eigenvalue weighted by Gasteiger charge is -2.21. The van der Waals surface area contributed by atoms with Gasteiger partial charge in [0.25, 0.3) is 5.91 Å². The second-order valence-corrected chi connectivity index (χ2v) is 6.07. The molecule has 0 aromatic carbocycles. The van der Waals surface area contributed by atoms with E-state index in [1.54, 1.807) is 12.3 Å². The van der Waals surface area contributed by atoms with Crippen molar-refractivity contribution in [2.75, 3.05) is 25.5 Å². The zero-order valence-electron chi connectivity index (χ0n) is 13.5. The number of amides is 1. The zero-order chi connectivity index (χ0) is 16.5. The fourth-order valence-electron chi connectivity index (χ4n) is 2.98. The summed E-state index contributed by atoms with van der Waals surface area (Å²) in [7, 11) is 2.11. The maximum Gasteiger partial charge on any atom is 0.275 e. The van der Waals surface area contributed by atoms with Crippen molar-refractivity contribution in [2.24, 2.45) is 0 Å². The molecule has 1 aliphatic rings. The van der Waals surface area contributed by atoms with Gasteiger partial charge in [-0.05, 0) is 43.3 Å². The van der Waals surface area contributed by atoms with Gasteiger partial charge in [-0.15, -0.1) is 0 Å². The summed E-state index contributed by atoms with van der Waals surface area (Å²) in [5.74, 6) is 0.443. The third kappa shape index (κ3) is 2.72. The van der Waals surface area contributed by atoms with Crippen molar-refractivity contribution in [3.05, 3.63) is 54.0 Å². The average molecular weight is 321 g/mol. The lowest BCUT2D eigenvalue weighted by Crippen LogP contribution is -2.23. The Hall–Kier alpha value is -2.86. The van der Waals surface area contributed by atoms with E-state index in [9.17, 15) is 4.79 Å². The molecule has 4 rings (SSSR count). The molecule has 6 heteroatoms. The minimum Gasteiger partial charge on any atom is -0.359 e. The van der Waals surface area contributed by atoms with Crippen molar-refractivity contribution in [1.82, 2.24) is 19.9 Å². The third-order valence-corrected chi connectivity index (χ3v) is 4.36. The molecule has 1 amide bonds. The monoisotopic (exact) mass is 321 g/mol. The second-order valence-electron chi connectivity index (χ2n) is 6.07. The summed E-state index contributed by atoms with van der Waals surface area (Å²) in [5, 5.41) is 2.81. The van der Waals surface area contributed by atoms with E-state index < -0.39 is 0 Å². The summed E-state index contributed by atoms with van der Waals surface area (Å²) >= 11 is 0. The van der Waals surface area contributed by atoms with E-state index in [1.807, 2.05) is 24.4 Å². The summed E-state index contributed by atoms with van der Waals surface area (Å²) in [5.41, 5.74) is 4.58. The Kier molecular flexibility index (Phi) is 3.66. The maximum atomic E-state index is 12.4. The molecule has 0 bridgehead atoms. The van der Waals surface area contributed by atoms with Crippen LogP contribution in [-0.2, 0) is 0 Å². The van der Waals surface area contributed by atoms with Crippen LogP contribution in [0.4, 0.5) is 5.82 Å². The van der Waals surface area contributed by atoms with Crippen molar-refractivity contribution >= 4 is 28.3 Å². The molecule has 3 N–H and O–H groups in total. The Morgan fingerprint density at radius 3 is 2.96 bits per heavy atom. The summed E-state index contributed by atoms with van der Waals surface area (Å²) in [6, 6.07) is 7.29. The van der Waals surface area contributed by atoms with E-state index in [-0.39, 0.29) is 5.91 Å². The molecular formula is C18H19N5O. The van der Waals surface area contributed by atoms with Gasteiger partial charge in [-0.1, -0.05) is 6.08 Å². The van der Waals surface area contributed by atoms with E-state index in [4.69, 9.17) is 0 Å². The quantitative estimate of drug-likeness (QED) is 0.694. The molecular weight excluding hydrogens is 302 g/mol. The van der Waals surface area contributed by atoms with E-state index in [1.165, 1.54) is 5.57 Å². The second kappa shape index (κ2) is 5.98. The molecule has 0 aliphatic carbocycles. The molecule has 6 nitrogen and oxygen atoms in total. The van der Waals surface area contributed by atoms with Gasteiger partial charge in [-0.3, -0.25) is 4.79 Å². The first-order chi connectivity index (χ1) is 11.7. The number of carbonyl (C=O) groups is 1. The number of anilines is 1. The Morgan fingerprint density at radius 1 is 1.29 bits per heavy atom. The Labute approximate surface area is 139 Å². The van der Waals surface area contributed by atoms with Gasteiger partial charge in [0.1, 0.15) is 11.5 Å². The van der Waals surface area contributed by atoms with Gasteiger partial charge in [0.2, 0.25) is 0 Å². The Balaban J connectivity index is 1.67. The molecule has 3 aromatic heterocycles. The lowest BCUT2D eigenvalue weighted by atomic mass is 10.0. The highest BCUT2D eigenvalue weighted by atomic mass is 16.1. The number of aromatic amines is 2. The number of likely N-dealkylation sites (N-methyl/N-ethyl adjacent to an activating group) is 1. The van der Waals surface area contributed by atoms with Crippen LogP contribution in [0.1, 0.15) is 22.5 Å². The molecule has 0 spiro atoms. The van der Waals surface area contributed by atoms with Crippen molar-refractivity contribution in [3.8, 4) is 0 Å². The highest BCUT2D eigenvalue weighted by Crippen LogP contribution is 2.28. The van der Waals surface area contributed by atoms with Crippen LogP contribution < -0.4 is 5.32 Å². The van der Waals surface area contributed by atoms with Crippen LogP contribution in [0, 0.1) is 0 Å². The Morgan fingerprint density at radius 2 is 2.21 bits per heavy atom. The van der Waals surface area contributed by atoms with Gasteiger partial charge in [-0.25, -0.2) is 4.98 Å². The third-order valence-electron chi connectivity index (χ3n) is 4.36. The standard InChI is InChI=1S/C18H19N5O/c1-23-9-6-12(7-10-23)13-11-20-14-4-5-15(21-17(13)14)18(24)22-16-3-2-8-19-16/h2-6,8,11,19-20H,7,9-10H2,1H3,(H,22,24). The van der Waals surface area contributed by atoms with E-state index in [0.29, 0.717) is 11.5 Å². The van der Waals surface area contributed by atoms with Gasteiger partial charge in [0.15, 0.2) is 0 Å². The van der Waals surface area contributed by atoms with Crippen molar-refractivity contribution < 1.29 is 4.79 Å². The minimum atomic E-state index is -0.219. The molecule has 24 heavy (non-hydrogen) atoms. The number of carbonyl (C=O) groups excluding carboxylic acids is 1. The average Bonchev–Trinajstić information content (AvgIpc) is 3.24. The highest BCUT2D eigenvalue weighted by molar-refractivity contribution is 6.04. The molecule has 122 valence electrons. The normalized spacial score (nSPS) is 15.5. The van der Waals surface area contributed by atoms with Gasteiger partial charge in [-0.2, -0.15) is 0 Å². The number of hydrogen-bond acceptors (Lipinski definition) is 3. The summed E-state index contributed by atoms with van der Waals surface area (Å²) in [6.45, 7) is 1.97. The fourth-order valence-corrected chi connectivity index (χ4v) is 2.98. The number of fused-ring (bicyclic) bond motifs is 1. The number of hydrogen-bond donors (Lipinski definition) is 3.